The molecule has 0 aromatic heterocycles. The maximum absolute atomic E-state index is 11.1. The first-order valence-electron chi connectivity index (χ1n) is 5.01. The van der Waals surface area contributed by atoms with E-state index in [9.17, 15) is 4.79 Å². The van der Waals surface area contributed by atoms with Crippen molar-refractivity contribution in [2.45, 2.75) is 31.8 Å². The quantitative estimate of drug-likeness (QED) is 0.690. The Bertz CT molecular complexity index is 296. The molecule has 0 aromatic carbocycles. The van der Waals surface area contributed by atoms with Crippen molar-refractivity contribution in [2.24, 2.45) is 5.92 Å². The third-order valence-electron chi connectivity index (χ3n) is 3.06. The molecule has 3 atom stereocenters. The Balaban J connectivity index is 2.24. The zero-order valence-corrected chi connectivity index (χ0v) is 8.18. The molecule has 1 saturated heterocycles. The van der Waals surface area contributed by atoms with E-state index in [0.29, 0.717) is 0 Å². The van der Waals surface area contributed by atoms with E-state index in [0.717, 1.165) is 12.8 Å². The molecule has 0 bridgehead atoms. The van der Waals surface area contributed by atoms with Crippen LogP contribution in [0.25, 0.3) is 0 Å². The van der Waals surface area contributed by atoms with Gasteiger partial charge < -0.3 is 5.11 Å². The predicted octanol–water partition coefficient (Wildman–Crippen LogP) is 2.06. The van der Waals surface area contributed by atoms with Crippen LogP contribution in [0, 0.1) is 12.0 Å². The van der Waals surface area contributed by atoms with E-state index in [1.807, 2.05) is 25.2 Å². The summed E-state index contributed by atoms with van der Waals surface area (Å²) in [5.41, 5.74) is 0. The van der Waals surface area contributed by atoms with Gasteiger partial charge in [0.1, 0.15) is 0 Å². The van der Waals surface area contributed by atoms with E-state index >= 15 is 0 Å². The van der Waals surface area contributed by atoms with Crippen molar-refractivity contribution in [3.63, 3.8) is 0 Å². The largest absolute Gasteiger partial charge is 0.465 e. The van der Waals surface area contributed by atoms with E-state index in [-0.39, 0.29) is 18.0 Å². The summed E-state index contributed by atoms with van der Waals surface area (Å²) in [5.74, 6) is 0.265. The van der Waals surface area contributed by atoms with Crippen LogP contribution in [0.3, 0.4) is 0 Å². The third kappa shape index (κ3) is 1.33. The van der Waals surface area contributed by atoms with Crippen LogP contribution >= 0.6 is 0 Å². The number of nitrogens with zero attached hydrogens (tertiary/aromatic N) is 1. The molecule has 1 fully saturated rings. The summed E-state index contributed by atoms with van der Waals surface area (Å²) in [6.45, 7) is 2.03. The van der Waals surface area contributed by atoms with E-state index in [4.69, 9.17) is 5.11 Å². The fourth-order valence-electron chi connectivity index (χ4n) is 2.37. The molecule has 3 unspecified atom stereocenters. The van der Waals surface area contributed by atoms with Gasteiger partial charge in [0.15, 0.2) is 0 Å². The zero-order valence-electron chi connectivity index (χ0n) is 8.18. The van der Waals surface area contributed by atoms with Crippen LogP contribution in [0.15, 0.2) is 18.2 Å². The minimum Gasteiger partial charge on any atom is -0.465 e. The van der Waals surface area contributed by atoms with Crippen molar-refractivity contribution in [1.29, 1.82) is 0 Å². The topological polar surface area (TPSA) is 40.5 Å². The van der Waals surface area contributed by atoms with Crippen molar-refractivity contribution in [2.75, 3.05) is 0 Å². The molecule has 1 heterocycles. The highest BCUT2D eigenvalue weighted by Crippen LogP contribution is 2.34. The van der Waals surface area contributed by atoms with E-state index in [1.54, 1.807) is 4.90 Å². The van der Waals surface area contributed by atoms with Gasteiger partial charge in [-0.15, -0.1) is 0 Å². The Hall–Kier alpha value is -1.25. The lowest BCUT2D eigenvalue weighted by Gasteiger charge is -2.26. The molecule has 1 N–H and O–H groups in total. The highest BCUT2D eigenvalue weighted by Gasteiger charge is 2.41. The second-order valence-electron chi connectivity index (χ2n) is 3.80. The first-order chi connectivity index (χ1) is 6.74. The number of fused-ring (bicyclic) bond motifs is 1. The van der Waals surface area contributed by atoms with Gasteiger partial charge in [-0.3, -0.25) is 4.90 Å². The molecule has 0 spiro atoms. The minimum atomic E-state index is -0.808. The van der Waals surface area contributed by atoms with E-state index in [1.165, 1.54) is 0 Å². The average molecular weight is 192 g/mol. The lowest BCUT2D eigenvalue weighted by atomic mass is 9.95. The summed E-state index contributed by atoms with van der Waals surface area (Å²) in [6, 6.07) is 0.175. The van der Waals surface area contributed by atoms with Crippen LogP contribution in [-0.2, 0) is 0 Å². The number of amides is 1. The van der Waals surface area contributed by atoms with Gasteiger partial charge in [0, 0.05) is 12.0 Å². The number of hydrogen-bond donors (Lipinski definition) is 1. The first-order valence-corrected chi connectivity index (χ1v) is 5.01. The molecule has 1 aliphatic heterocycles. The number of allylic oxidation sites excluding steroid dienone is 2. The molecule has 0 aromatic rings. The van der Waals surface area contributed by atoms with E-state index < -0.39 is 6.09 Å². The van der Waals surface area contributed by atoms with Crippen LogP contribution < -0.4 is 0 Å². The monoisotopic (exact) mass is 192 g/mol. The molecule has 2 rings (SSSR count). The normalized spacial score (nSPS) is 34.6. The highest BCUT2D eigenvalue weighted by atomic mass is 16.4. The average Bonchev–Trinajstić information content (AvgIpc) is 2.55. The van der Waals surface area contributed by atoms with Crippen molar-refractivity contribution < 1.29 is 9.90 Å². The van der Waals surface area contributed by atoms with Gasteiger partial charge in [-0.2, -0.15) is 0 Å². The molecule has 1 radical (unpaired) electrons. The molecular formula is C11H14NO2. The lowest BCUT2D eigenvalue weighted by Crippen LogP contribution is -2.40. The minimum absolute atomic E-state index is 0.0162. The fourth-order valence-corrected chi connectivity index (χ4v) is 2.37. The molecule has 0 saturated carbocycles. The van der Waals surface area contributed by atoms with Crippen molar-refractivity contribution in [3.05, 3.63) is 24.3 Å². The van der Waals surface area contributed by atoms with Gasteiger partial charge in [0.25, 0.3) is 0 Å². The van der Waals surface area contributed by atoms with Gasteiger partial charge in [-0.1, -0.05) is 25.2 Å². The van der Waals surface area contributed by atoms with Crippen molar-refractivity contribution in [3.8, 4) is 0 Å². The first kappa shape index (κ1) is 9.31. The Morgan fingerprint density at radius 2 is 2.50 bits per heavy atom. The fraction of sp³-hybridized carbons (Fsp3) is 0.545. The molecule has 3 heteroatoms. The third-order valence-corrected chi connectivity index (χ3v) is 3.06. The SMILES string of the molecule is CCC1CC2[C]=CC=CC2N1C(=O)O. The number of carbonyl (C=O) groups is 1. The standard InChI is InChI=1S/C11H14NO2/c1-2-9-7-8-5-3-4-6-10(8)12(9)11(13)14/h3-4,6,8-10H,2,7H2,1H3,(H,13,14). The van der Waals surface area contributed by atoms with Crippen LogP contribution in [0.4, 0.5) is 4.79 Å². The van der Waals surface area contributed by atoms with Gasteiger partial charge in [0.2, 0.25) is 0 Å². The Morgan fingerprint density at radius 1 is 1.71 bits per heavy atom. The molecule has 3 nitrogen and oxygen atoms in total. The molecule has 75 valence electrons. The van der Waals surface area contributed by atoms with Crippen LogP contribution in [0.5, 0.6) is 0 Å². The van der Waals surface area contributed by atoms with Crippen molar-refractivity contribution in [1.82, 2.24) is 4.90 Å². The maximum Gasteiger partial charge on any atom is 0.408 e. The molecule has 1 aliphatic carbocycles. The Morgan fingerprint density at radius 3 is 3.14 bits per heavy atom. The second kappa shape index (κ2) is 3.48. The van der Waals surface area contributed by atoms with Gasteiger partial charge in [-0.25, -0.2) is 4.79 Å². The van der Waals surface area contributed by atoms with Crippen LogP contribution in [0.2, 0.25) is 0 Å². The lowest BCUT2D eigenvalue weighted by molar-refractivity contribution is 0.127. The van der Waals surface area contributed by atoms with Gasteiger partial charge in [-0.05, 0) is 18.9 Å². The summed E-state index contributed by atoms with van der Waals surface area (Å²) >= 11 is 0. The Kier molecular flexibility index (Phi) is 2.32. The van der Waals surface area contributed by atoms with Crippen LogP contribution in [0.1, 0.15) is 19.8 Å². The zero-order chi connectivity index (χ0) is 10.1. The highest BCUT2D eigenvalue weighted by molar-refractivity contribution is 5.67. The summed E-state index contributed by atoms with van der Waals surface area (Å²) in [5, 5.41) is 9.11. The molecule has 1 amide bonds. The Labute approximate surface area is 83.7 Å². The summed E-state index contributed by atoms with van der Waals surface area (Å²) in [7, 11) is 0. The predicted molar refractivity (Wildman–Crippen MR) is 52.8 cm³/mol. The number of carboxylic acid groups (broad SMARTS) is 1. The molecular weight excluding hydrogens is 178 g/mol. The molecule has 14 heavy (non-hydrogen) atoms. The van der Waals surface area contributed by atoms with Crippen LogP contribution in [-0.4, -0.2) is 28.2 Å². The van der Waals surface area contributed by atoms with Gasteiger partial charge in [0.05, 0.1) is 6.04 Å². The maximum atomic E-state index is 11.1. The smallest absolute Gasteiger partial charge is 0.408 e. The van der Waals surface area contributed by atoms with Crippen molar-refractivity contribution >= 4 is 6.09 Å². The number of likely N-dealkylation sites (tertiary alicyclic amines) is 1. The van der Waals surface area contributed by atoms with E-state index in [2.05, 4.69) is 6.08 Å². The molecule has 2 aliphatic rings. The number of hydrogen-bond acceptors (Lipinski definition) is 1. The summed E-state index contributed by atoms with van der Waals surface area (Å²) in [4.78, 5) is 12.7. The second-order valence-corrected chi connectivity index (χ2v) is 3.80. The summed E-state index contributed by atoms with van der Waals surface area (Å²) in [6.07, 6.45) is 9.94. The number of rotatable bonds is 1. The summed E-state index contributed by atoms with van der Waals surface area (Å²) < 4.78 is 0. The van der Waals surface area contributed by atoms with Gasteiger partial charge >= 0.3 is 6.09 Å².